The fourth-order valence-corrected chi connectivity index (χ4v) is 3.58. The van der Waals surface area contributed by atoms with Crippen molar-refractivity contribution in [3.05, 3.63) is 106 Å². The summed E-state index contributed by atoms with van der Waals surface area (Å²) in [6.45, 7) is 2.41. The zero-order valence-corrected chi connectivity index (χ0v) is 17.4. The van der Waals surface area contributed by atoms with Gasteiger partial charge in [-0.25, -0.2) is 0 Å². The van der Waals surface area contributed by atoms with Crippen LogP contribution in [-0.2, 0) is 6.61 Å². The van der Waals surface area contributed by atoms with Crippen molar-refractivity contribution in [2.75, 3.05) is 0 Å². The number of halogens is 2. The highest BCUT2D eigenvalue weighted by Crippen LogP contribution is 2.28. The maximum atomic E-state index is 6.44. The van der Waals surface area contributed by atoms with Gasteiger partial charge in [-0.2, -0.15) is 0 Å². The van der Waals surface area contributed by atoms with Crippen LogP contribution in [0.15, 0.2) is 83.9 Å². The topological polar surface area (TPSA) is 21.6 Å². The van der Waals surface area contributed by atoms with Crippen LogP contribution in [0.5, 0.6) is 5.75 Å². The predicted molar refractivity (Wildman–Crippen MR) is 123 cm³/mol. The minimum absolute atomic E-state index is 0.455. The van der Waals surface area contributed by atoms with Gasteiger partial charge in [0.2, 0.25) is 0 Å². The van der Waals surface area contributed by atoms with Gasteiger partial charge in [-0.3, -0.25) is 4.99 Å². The van der Waals surface area contributed by atoms with E-state index in [2.05, 4.69) is 29.3 Å². The lowest BCUT2D eigenvalue weighted by molar-refractivity contribution is 0.308. The molecule has 0 saturated heterocycles. The van der Waals surface area contributed by atoms with Gasteiger partial charge < -0.3 is 4.74 Å². The molecule has 0 saturated carbocycles. The van der Waals surface area contributed by atoms with E-state index in [1.54, 1.807) is 6.21 Å². The first-order valence-electron chi connectivity index (χ1n) is 9.30. The van der Waals surface area contributed by atoms with E-state index in [0.29, 0.717) is 22.4 Å². The Morgan fingerprint density at radius 1 is 0.862 bits per heavy atom. The van der Waals surface area contributed by atoms with Crippen molar-refractivity contribution in [1.29, 1.82) is 0 Å². The van der Waals surface area contributed by atoms with Crippen molar-refractivity contribution < 1.29 is 4.74 Å². The molecule has 0 aliphatic rings. The Kier molecular flexibility index (Phi) is 5.84. The fraction of sp³-hybridized carbons (Fsp3) is 0.0800. The van der Waals surface area contributed by atoms with Gasteiger partial charge in [0.15, 0.2) is 0 Å². The van der Waals surface area contributed by atoms with E-state index >= 15 is 0 Å². The molecule has 0 heterocycles. The highest BCUT2D eigenvalue weighted by molar-refractivity contribution is 6.32. The summed E-state index contributed by atoms with van der Waals surface area (Å²) in [6.07, 6.45) is 1.78. The molecular formula is C25H19Cl2NO. The van der Waals surface area contributed by atoms with Gasteiger partial charge in [0.05, 0.1) is 10.7 Å². The minimum Gasteiger partial charge on any atom is -0.487 e. The molecule has 2 nitrogen and oxygen atoms in total. The minimum atomic E-state index is 0.455. The van der Waals surface area contributed by atoms with E-state index in [1.807, 2.05) is 61.5 Å². The molecule has 0 aliphatic carbocycles. The second-order valence-electron chi connectivity index (χ2n) is 6.76. The molecule has 4 aromatic carbocycles. The van der Waals surface area contributed by atoms with E-state index < -0.39 is 0 Å². The van der Waals surface area contributed by atoms with Crippen molar-refractivity contribution in [2.45, 2.75) is 13.5 Å². The lowest BCUT2D eigenvalue weighted by Gasteiger charge is -2.11. The third-order valence-electron chi connectivity index (χ3n) is 4.81. The van der Waals surface area contributed by atoms with Crippen LogP contribution in [0.2, 0.25) is 10.0 Å². The van der Waals surface area contributed by atoms with E-state index in [-0.39, 0.29) is 0 Å². The number of nitrogens with zero attached hydrogens (tertiary/aromatic N) is 1. The molecule has 0 amide bonds. The third kappa shape index (κ3) is 4.45. The van der Waals surface area contributed by atoms with Crippen molar-refractivity contribution in [3.63, 3.8) is 0 Å². The lowest BCUT2D eigenvalue weighted by atomic mass is 10.1. The Morgan fingerprint density at radius 2 is 1.66 bits per heavy atom. The molecule has 0 unspecified atom stereocenters. The Morgan fingerprint density at radius 3 is 2.52 bits per heavy atom. The van der Waals surface area contributed by atoms with Crippen LogP contribution in [0.25, 0.3) is 10.8 Å². The Labute approximate surface area is 180 Å². The maximum Gasteiger partial charge on any atom is 0.138 e. The van der Waals surface area contributed by atoms with Crippen molar-refractivity contribution in [1.82, 2.24) is 0 Å². The monoisotopic (exact) mass is 419 g/mol. The first-order valence-corrected chi connectivity index (χ1v) is 10.1. The van der Waals surface area contributed by atoms with Crippen LogP contribution in [0.4, 0.5) is 5.69 Å². The quantitative estimate of drug-likeness (QED) is 0.302. The smallest absolute Gasteiger partial charge is 0.138 e. The second kappa shape index (κ2) is 8.69. The predicted octanol–water partition coefficient (Wildman–Crippen LogP) is 7.78. The molecule has 4 aromatic rings. The zero-order valence-electron chi connectivity index (χ0n) is 15.9. The second-order valence-corrected chi connectivity index (χ2v) is 7.57. The van der Waals surface area contributed by atoms with Crippen molar-refractivity contribution in [2.24, 2.45) is 4.99 Å². The molecule has 0 aliphatic heterocycles. The Balaban J connectivity index is 1.50. The average Bonchev–Trinajstić information content (AvgIpc) is 2.74. The number of rotatable bonds is 5. The Hall–Kier alpha value is -2.81. The molecule has 4 rings (SSSR count). The molecule has 0 aromatic heterocycles. The largest absolute Gasteiger partial charge is 0.487 e. The molecule has 0 fully saturated rings. The number of hydrogen-bond donors (Lipinski definition) is 0. The number of hydrogen-bond acceptors (Lipinski definition) is 2. The molecule has 4 heteroatoms. The first-order chi connectivity index (χ1) is 14.1. The summed E-state index contributed by atoms with van der Waals surface area (Å²) in [4.78, 5) is 4.53. The summed E-state index contributed by atoms with van der Waals surface area (Å²) in [5, 5.41) is 3.64. The molecule has 29 heavy (non-hydrogen) atoms. The maximum absolute atomic E-state index is 6.44. The SMILES string of the molecule is Cc1c(Cl)cccc1N=Cc1ccc(OCc2cccc3ccccc23)c(Cl)c1. The molecular weight excluding hydrogens is 401 g/mol. The van der Waals surface area contributed by atoms with Crippen LogP contribution in [-0.4, -0.2) is 6.21 Å². The van der Waals surface area contributed by atoms with Gasteiger partial charge >= 0.3 is 0 Å². The summed E-state index contributed by atoms with van der Waals surface area (Å²) >= 11 is 12.6. The lowest BCUT2D eigenvalue weighted by Crippen LogP contribution is -1.97. The van der Waals surface area contributed by atoms with Crippen LogP contribution in [0, 0.1) is 6.92 Å². The molecule has 0 radical (unpaired) electrons. The first kappa shape index (κ1) is 19.5. The van der Waals surface area contributed by atoms with E-state index in [4.69, 9.17) is 27.9 Å². The van der Waals surface area contributed by atoms with Gasteiger partial charge in [0.1, 0.15) is 12.4 Å². The highest BCUT2D eigenvalue weighted by atomic mass is 35.5. The summed E-state index contributed by atoms with van der Waals surface area (Å²) < 4.78 is 5.99. The van der Waals surface area contributed by atoms with E-state index in [9.17, 15) is 0 Å². The molecule has 0 bridgehead atoms. The number of ether oxygens (including phenoxy) is 1. The summed E-state index contributed by atoms with van der Waals surface area (Å²) in [5.41, 5.74) is 3.81. The van der Waals surface area contributed by atoms with Crippen LogP contribution in [0.1, 0.15) is 16.7 Å². The van der Waals surface area contributed by atoms with Gasteiger partial charge in [0, 0.05) is 11.2 Å². The number of fused-ring (bicyclic) bond motifs is 1. The van der Waals surface area contributed by atoms with Gasteiger partial charge in [-0.15, -0.1) is 0 Å². The average molecular weight is 420 g/mol. The summed E-state index contributed by atoms with van der Waals surface area (Å²) in [7, 11) is 0. The Bertz CT molecular complexity index is 1200. The van der Waals surface area contributed by atoms with Crippen molar-refractivity contribution in [3.8, 4) is 5.75 Å². The van der Waals surface area contributed by atoms with E-state index in [1.165, 1.54) is 10.8 Å². The van der Waals surface area contributed by atoms with Gasteiger partial charge in [-0.05, 0) is 64.7 Å². The summed E-state index contributed by atoms with van der Waals surface area (Å²) in [5.74, 6) is 0.649. The molecule has 0 N–H and O–H groups in total. The van der Waals surface area contributed by atoms with E-state index in [0.717, 1.165) is 22.4 Å². The standard InChI is InChI=1S/C25H19Cl2NO/c1-17-22(26)10-5-11-24(17)28-15-18-12-13-25(23(27)14-18)29-16-20-8-4-7-19-6-2-3-9-21(19)20/h2-15H,16H2,1H3. The highest BCUT2D eigenvalue weighted by Gasteiger charge is 2.06. The summed E-state index contributed by atoms with van der Waals surface area (Å²) in [6, 6.07) is 25.8. The van der Waals surface area contributed by atoms with Gasteiger partial charge in [0.25, 0.3) is 0 Å². The van der Waals surface area contributed by atoms with Crippen LogP contribution >= 0.6 is 23.2 Å². The number of benzene rings is 4. The van der Waals surface area contributed by atoms with Crippen LogP contribution < -0.4 is 4.74 Å². The number of aliphatic imine (C=N–C) groups is 1. The van der Waals surface area contributed by atoms with Crippen LogP contribution in [0.3, 0.4) is 0 Å². The van der Waals surface area contributed by atoms with Gasteiger partial charge in [-0.1, -0.05) is 71.7 Å². The fourth-order valence-electron chi connectivity index (χ4n) is 3.17. The normalized spacial score (nSPS) is 11.3. The van der Waals surface area contributed by atoms with Crippen molar-refractivity contribution >= 4 is 45.9 Å². The zero-order chi connectivity index (χ0) is 20.2. The molecule has 0 spiro atoms. The third-order valence-corrected chi connectivity index (χ3v) is 5.52. The molecule has 144 valence electrons. The molecule has 0 atom stereocenters.